The summed E-state index contributed by atoms with van der Waals surface area (Å²) in [4.78, 5) is 18.9. The molecule has 1 aliphatic heterocycles. The predicted molar refractivity (Wildman–Crippen MR) is 124 cm³/mol. The number of nitrogens with one attached hydrogen (secondary N) is 3. The molecule has 0 spiro atoms. The Hall–Kier alpha value is -1.51. The second kappa shape index (κ2) is 10.7. The molecule has 0 unspecified atom stereocenters. The number of hydrogen-bond donors (Lipinski definition) is 3. The van der Waals surface area contributed by atoms with Crippen LogP contribution in [0.25, 0.3) is 0 Å². The third-order valence-corrected chi connectivity index (χ3v) is 4.19. The quantitative estimate of drug-likeness (QED) is 0.340. The molecule has 1 aromatic carbocycles. The molecule has 0 aromatic heterocycles. The zero-order valence-corrected chi connectivity index (χ0v) is 19.5. The Labute approximate surface area is 180 Å². The van der Waals surface area contributed by atoms with Crippen LogP contribution in [0.15, 0.2) is 23.2 Å². The average molecular weight is 487 g/mol. The maximum atomic E-state index is 12.0. The summed E-state index contributed by atoms with van der Waals surface area (Å²) in [7, 11) is 2.14. The molecule has 0 aliphatic carbocycles. The molecule has 27 heavy (non-hydrogen) atoms. The van der Waals surface area contributed by atoms with Crippen LogP contribution >= 0.6 is 24.0 Å². The highest BCUT2D eigenvalue weighted by molar-refractivity contribution is 14.0. The fourth-order valence-corrected chi connectivity index (χ4v) is 3.08. The van der Waals surface area contributed by atoms with E-state index >= 15 is 0 Å². The first kappa shape index (κ1) is 23.5. The van der Waals surface area contributed by atoms with Crippen LogP contribution < -0.4 is 20.9 Å². The van der Waals surface area contributed by atoms with Crippen molar-refractivity contribution in [3.05, 3.63) is 29.3 Å². The fraction of sp³-hybridized carbons (Fsp3) is 0.600. The lowest BCUT2D eigenvalue weighted by Crippen LogP contribution is -2.48. The second-order valence-corrected chi connectivity index (χ2v) is 7.84. The molecule has 0 saturated heterocycles. The molecule has 152 valence electrons. The van der Waals surface area contributed by atoms with Crippen molar-refractivity contribution in [1.82, 2.24) is 16.0 Å². The molecule has 2 rings (SSSR count). The van der Waals surface area contributed by atoms with Gasteiger partial charge in [-0.15, -0.1) is 24.0 Å². The first-order valence-corrected chi connectivity index (χ1v) is 9.44. The van der Waals surface area contributed by atoms with E-state index in [0.717, 1.165) is 19.5 Å². The Morgan fingerprint density at radius 1 is 1.26 bits per heavy atom. The standard InChI is InChI=1S/C20H33N5O.HI/c1-6-21-19(23-14-18(26)24-20(2,3)4)22-13-15-9-10-17-16(12-15)8-7-11-25(17)5;/h9-10,12H,6-8,11,13-14H2,1-5H3,(H,24,26)(H2,21,22,23);1H. The van der Waals surface area contributed by atoms with Crippen molar-refractivity contribution >= 4 is 41.5 Å². The van der Waals surface area contributed by atoms with E-state index in [4.69, 9.17) is 0 Å². The van der Waals surface area contributed by atoms with Crippen LogP contribution in [0.3, 0.4) is 0 Å². The van der Waals surface area contributed by atoms with E-state index in [2.05, 4.69) is 51.1 Å². The third kappa shape index (κ3) is 7.94. The van der Waals surface area contributed by atoms with E-state index in [1.54, 1.807) is 0 Å². The molecule has 1 heterocycles. The van der Waals surface area contributed by atoms with Crippen LogP contribution in [0, 0.1) is 0 Å². The van der Waals surface area contributed by atoms with Gasteiger partial charge in [-0.2, -0.15) is 0 Å². The van der Waals surface area contributed by atoms with Crippen molar-refractivity contribution in [3.63, 3.8) is 0 Å². The molecule has 3 N–H and O–H groups in total. The Morgan fingerprint density at radius 3 is 2.67 bits per heavy atom. The van der Waals surface area contributed by atoms with Gasteiger partial charge in [-0.1, -0.05) is 12.1 Å². The van der Waals surface area contributed by atoms with Crippen molar-refractivity contribution < 1.29 is 4.79 Å². The normalized spacial score (nSPS) is 14.1. The molecule has 0 atom stereocenters. The number of aryl methyl sites for hydroxylation is 1. The summed E-state index contributed by atoms with van der Waals surface area (Å²) in [6, 6.07) is 6.58. The third-order valence-electron chi connectivity index (χ3n) is 4.19. The monoisotopic (exact) mass is 487 g/mol. The number of anilines is 1. The number of nitrogens with zero attached hydrogens (tertiary/aromatic N) is 2. The van der Waals surface area contributed by atoms with Gasteiger partial charge in [0.05, 0.1) is 13.1 Å². The minimum atomic E-state index is -0.232. The van der Waals surface area contributed by atoms with E-state index in [1.165, 1.54) is 23.2 Å². The number of guanidine groups is 1. The van der Waals surface area contributed by atoms with Gasteiger partial charge in [-0.05, 0) is 57.7 Å². The fourth-order valence-electron chi connectivity index (χ4n) is 3.08. The molecular weight excluding hydrogens is 453 g/mol. The number of carbonyl (C=O) groups excluding carboxylic acids is 1. The van der Waals surface area contributed by atoms with Crippen molar-refractivity contribution in [2.45, 2.75) is 52.6 Å². The molecule has 0 fully saturated rings. The van der Waals surface area contributed by atoms with E-state index in [-0.39, 0.29) is 42.0 Å². The Bertz CT molecular complexity index is 654. The van der Waals surface area contributed by atoms with Crippen LogP contribution in [0.2, 0.25) is 0 Å². The highest BCUT2D eigenvalue weighted by Gasteiger charge is 2.15. The van der Waals surface area contributed by atoms with Gasteiger partial charge in [-0.25, -0.2) is 4.99 Å². The molecule has 1 aliphatic rings. The van der Waals surface area contributed by atoms with Gasteiger partial charge in [0.15, 0.2) is 5.96 Å². The van der Waals surface area contributed by atoms with Gasteiger partial charge >= 0.3 is 0 Å². The number of rotatable bonds is 5. The molecule has 0 bridgehead atoms. The number of halogens is 1. The molecule has 0 saturated carbocycles. The summed E-state index contributed by atoms with van der Waals surface area (Å²) in [5.74, 6) is 0.617. The van der Waals surface area contributed by atoms with Crippen LogP contribution in [0.1, 0.15) is 45.2 Å². The number of fused-ring (bicyclic) bond motifs is 1. The van der Waals surface area contributed by atoms with Crippen LogP contribution in [-0.2, 0) is 17.8 Å². The zero-order chi connectivity index (χ0) is 19.2. The number of benzene rings is 1. The lowest BCUT2D eigenvalue weighted by Gasteiger charge is -2.27. The molecule has 0 radical (unpaired) electrons. The highest BCUT2D eigenvalue weighted by Crippen LogP contribution is 2.26. The van der Waals surface area contributed by atoms with E-state index in [1.807, 2.05) is 27.7 Å². The van der Waals surface area contributed by atoms with E-state index < -0.39 is 0 Å². The molecule has 1 aromatic rings. The van der Waals surface area contributed by atoms with Crippen LogP contribution in [0.4, 0.5) is 5.69 Å². The maximum Gasteiger partial charge on any atom is 0.239 e. The van der Waals surface area contributed by atoms with Gasteiger partial charge in [0.1, 0.15) is 0 Å². The first-order valence-electron chi connectivity index (χ1n) is 9.44. The molecule has 1 amide bonds. The van der Waals surface area contributed by atoms with Gasteiger partial charge in [0, 0.05) is 31.4 Å². The SMILES string of the molecule is CCNC(=NCc1ccc2c(c1)CCCN2C)NCC(=O)NC(C)(C)C.I. The number of carbonyl (C=O) groups is 1. The summed E-state index contributed by atoms with van der Waals surface area (Å²) in [6.07, 6.45) is 2.33. The first-order chi connectivity index (χ1) is 12.3. The van der Waals surface area contributed by atoms with Gasteiger partial charge < -0.3 is 20.9 Å². The predicted octanol–water partition coefficient (Wildman–Crippen LogP) is 2.66. The number of hydrogen-bond acceptors (Lipinski definition) is 3. The molecule has 6 nitrogen and oxygen atoms in total. The summed E-state index contributed by atoms with van der Waals surface area (Å²) in [6.45, 7) is 10.6. The van der Waals surface area contributed by atoms with Crippen molar-refractivity contribution in [3.8, 4) is 0 Å². The smallest absolute Gasteiger partial charge is 0.239 e. The molecular formula is C20H34IN5O. The second-order valence-electron chi connectivity index (χ2n) is 7.84. The van der Waals surface area contributed by atoms with Crippen molar-refractivity contribution in [2.24, 2.45) is 4.99 Å². The Balaban J connectivity index is 0.00000364. The summed E-state index contributed by atoms with van der Waals surface area (Å²) < 4.78 is 0. The topological polar surface area (TPSA) is 68.8 Å². The highest BCUT2D eigenvalue weighted by atomic mass is 127. The Morgan fingerprint density at radius 2 is 2.00 bits per heavy atom. The zero-order valence-electron chi connectivity index (χ0n) is 17.2. The molecule has 7 heteroatoms. The van der Waals surface area contributed by atoms with Crippen molar-refractivity contribution in [2.75, 3.05) is 31.6 Å². The minimum absolute atomic E-state index is 0. The number of amides is 1. The maximum absolute atomic E-state index is 12.0. The van der Waals surface area contributed by atoms with Gasteiger partial charge in [0.25, 0.3) is 0 Å². The minimum Gasteiger partial charge on any atom is -0.374 e. The van der Waals surface area contributed by atoms with Crippen LogP contribution in [-0.4, -0.2) is 44.1 Å². The Kier molecular flexibility index (Phi) is 9.35. The summed E-state index contributed by atoms with van der Waals surface area (Å²) in [5.41, 5.74) is 3.68. The summed E-state index contributed by atoms with van der Waals surface area (Å²) >= 11 is 0. The van der Waals surface area contributed by atoms with E-state index in [0.29, 0.717) is 12.5 Å². The summed E-state index contributed by atoms with van der Waals surface area (Å²) in [5, 5.41) is 9.23. The lowest BCUT2D eigenvalue weighted by atomic mass is 10.00. The lowest BCUT2D eigenvalue weighted by molar-refractivity contribution is -0.121. The largest absolute Gasteiger partial charge is 0.374 e. The van der Waals surface area contributed by atoms with Crippen LogP contribution in [0.5, 0.6) is 0 Å². The van der Waals surface area contributed by atoms with Crippen molar-refractivity contribution in [1.29, 1.82) is 0 Å². The average Bonchev–Trinajstić information content (AvgIpc) is 2.56. The van der Waals surface area contributed by atoms with Gasteiger partial charge in [-0.3, -0.25) is 4.79 Å². The number of aliphatic imine (C=N–C) groups is 1. The van der Waals surface area contributed by atoms with Gasteiger partial charge in [0.2, 0.25) is 5.91 Å². The van der Waals surface area contributed by atoms with E-state index in [9.17, 15) is 4.79 Å².